The molecule has 2 atom stereocenters. The third kappa shape index (κ3) is 2.77. The Hall–Kier alpha value is -2.30. The first-order chi connectivity index (χ1) is 10.1. The smallest absolute Gasteiger partial charge is 0.228 e. The summed E-state index contributed by atoms with van der Waals surface area (Å²) in [5.74, 6) is -2.73. The lowest BCUT2D eigenvalue weighted by atomic mass is 10.1. The Labute approximate surface area is 119 Å². The van der Waals surface area contributed by atoms with Crippen molar-refractivity contribution < 1.29 is 18.0 Å². The van der Waals surface area contributed by atoms with Crippen molar-refractivity contribution in [3.63, 3.8) is 0 Å². The molecule has 21 heavy (non-hydrogen) atoms. The summed E-state index contributed by atoms with van der Waals surface area (Å²) in [5.41, 5.74) is 0.288. The Morgan fingerprint density at radius 1 is 1.05 bits per heavy atom. The summed E-state index contributed by atoms with van der Waals surface area (Å²) < 4.78 is 40.1. The van der Waals surface area contributed by atoms with E-state index in [-0.39, 0.29) is 17.4 Å². The van der Waals surface area contributed by atoms with Crippen molar-refractivity contribution in [2.45, 2.75) is 12.3 Å². The predicted octanol–water partition coefficient (Wildman–Crippen LogP) is 3.85. The van der Waals surface area contributed by atoms with Crippen molar-refractivity contribution >= 4 is 11.6 Å². The minimum atomic E-state index is -0.701. The van der Waals surface area contributed by atoms with Gasteiger partial charge in [-0.2, -0.15) is 0 Å². The van der Waals surface area contributed by atoms with Crippen LogP contribution in [-0.2, 0) is 4.79 Å². The van der Waals surface area contributed by atoms with Crippen LogP contribution in [0, 0.1) is 23.4 Å². The molecule has 0 heterocycles. The van der Waals surface area contributed by atoms with Gasteiger partial charge in [-0.3, -0.25) is 4.79 Å². The highest BCUT2D eigenvalue weighted by Crippen LogP contribution is 2.48. The monoisotopic (exact) mass is 291 g/mol. The average molecular weight is 291 g/mol. The summed E-state index contributed by atoms with van der Waals surface area (Å²) in [7, 11) is 0. The number of carbonyl (C=O) groups is 1. The first-order valence-corrected chi connectivity index (χ1v) is 6.56. The second-order valence-corrected chi connectivity index (χ2v) is 5.08. The number of amides is 1. The van der Waals surface area contributed by atoms with Crippen molar-refractivity contribution in [1.29, 1.82) is 0 Å². The molecule has 2 unspecified atom stereocenters. The summed E-state index contributed by atoms with van der Waals surface area (Å²) in [4.78, 5) is 12.0. The van der Waals surface area contributed by atoms with Gasteiger partial charge in [0.25, 0.3) is 0 Å². The third-order valence-corrected chi connectivity index (χ3v) is 3.62. The molecule has 0 spiro atoms. The van der Waals surface area contributed by atoms with Gasteiger partial charge in [-0.15, -0.1) is 0 Å². The lowest BCUT2D eigenvalue weighted by Gasteiger charge is -2.06. The van der Waals surface area contributed by atoms with E-state index >= 15 is 0 Å². The molecule has 1 saturated carbocycles. The number of anilines is 1. The normalized spacial score (nSPS) is 20.1. The Kier molecular flexibility index (Phi) is 3.41. The SMILES string of the molecule is O=C(Nc1cc(F)ccc1F)C1CC1c1ccccc1F. The van der Waals surface area contributed by atoms with Crippen molar-refractivity contribution in [2.75, 3.05) is 5.32 Å². The fourth-order valence-corrected chi connectivity index (χ4v) is 2.42. The Morgan fingerprint density at radius 3 is 2.57 bits per heavy atom. The van der Waals surface area contributed by atoms with Crippen molar-refractivity contribution in [1.82, 2.24) is 0 Å². The van der Waals surface area contributed by atoms with Gasteiger partial charge in [0.05, 0.1) is 5.69 Å². The molecule has 108 valence electrons. The van der Waals surface area contributed by atoms with E-state index in [0.29, 0.717) is 12.0 Å². The van der Waals surface area contributed by atoms with Gasteiger partial charge in [0.2, 0.25) is 5.91 Å². The fourth-order valence-electron chi connectivity index (χ4n) is 2.42. The zero-order valence-corrected chi connectivity index (χ0v) is 10.9. The van der Waals surface area contributed by atoms with Crippen LogP contribution in [0.2, 0.25) is 0 Å². The van der Waals surface area contributed by atoms with Gasteiger partial charge in [0.15, 0.2) is 0 Å². The molecule has 1 N–H and O–H groups in total. The number of hydrogen-bond donors (Lipinski definition) is 1. The van der Waals surface area contributed by atoms with Crippen LogP contribution in [0.4, 0.5) is 18.9 Å². The van der Waals surface area contributed by atoms with E-state index < -0.39 is 23.5 Å². The van der Waals surface area contributed by atoms with Crippen molar-refractivity contribution in [3.8, 4) is 0 Å². The molecule has 2 nitrogen and oxygen atoms in total. The molecule has 1 amide bonds. The summed E-state index contributed by atoms with van der Waals surface area (Å²) in [6, 6.07) is 9.12. The molecule has 5 heteroatoms. The van der Waals surface area contributed by atoms with Crippen LogP contribution < -0.4 is 5.32 Å². The Balaban J connectivity index is 1.71. The van der Waals surface area contributed by atoms with Gasteiger partial charge in [0.1, 0.15) is 17.5 Å². The number of rotatable bonds is 3. The lowest BCUT2D eigenvalue weighted by molar-refractivity contribution is -0.117. The maximum atomic E-state index is 13.6. The molecular formula is C16H12F3NO. The summed E-state index contributed by atoms with van der Waals surface area (Å²) in [6.07, 6.45) is 0.504. The van der Waals surface area contributed by atoms with E-state index in [1.54, 1.807) is 18.2 Å². The number of hydrogen-bond acceptors (Lipinski definition) is 1. The lowest BCUT2D eigenvalue weighted by Crippen LogP contribution is -2.15. The van der Waals surface area contributed by atoms with Gasteiger partial charge in [-0.1, -0.05) is 18.2 Å². The maximum absolute atomic E-state index is 13.6. The molecule has 0 saturated heterocycles. The molecular weight excluding hydrogens is 279 g/mol. The highest BCUT2D eigenvalue weighted by Gasteiger charge is 2.45. The highest BCUT2D eigenvalue weighted by molar-refractivity contribution is 5.95. The number of benzene rings is 2. The van der Waals surface area contributed by atoms with E-state index in [9.17, 15) is 18.0 Å². The predicted molar refractivity (Wildman–Crippen MR) is 72.2 cm³/mol. The minimum absolute atomic E-state index is 0.195. The van der Waals surface area contributed by atoms with Crippen LogP contribution in [-0.4, -0.2) is 5.91 Å². The second kappa shape index (κ2) is 5.24. The van der Waals surface area contributed by atoms with Gasteiger partial charge < -0.3 is 5.32 Å². The summed E-state index contributed by atoms with van der Waals surface area (Å²) >= 11 is 0. The van der Waals surface area contributed by atoms with Gasteiger partial charge in [0, 0.05) is 12.0 Å². The van der Waals surface area contributed by atoms with Crippen LogP contribution in [0.1, 0.15) is 17.9 Å². The molecule has 1 fully saturated rings. The van der Waals surface area contributed by atoms with Crippen molar-refractivity contribution in [2.24, 2.45) is 5.92 Å². The van der Waals surface area contributed by atoms with Crippen LogP contribution in [0.5, 0.6) is 0 Å². The Bertz CT molecular complexity index is 702. The average Bonchev–Trinajstić information content (AvgIpc) is 3.24. The number of nitrogens with one attached hydrogen (secondary N) is 1. The number of carbonyl (C=O) groups excluding carboxylic acids is 1. The largest absolute Gasteiger partial charge is 0.323 e. The topological polar surface area (TPSA) is 29.1 Å². The standard InChI is InChI=1S/C16H12F3NO/c17-9-5-6-14(19)15(7-9)20-16(21)12-8-11(12)10-3-1-2-4-13(10)18/h1-7,11-12H,8H2,(H,20,21). The summed E-state index contributed by atoms with van der Waals surface area (Å²) in [6.45, 7) is 0. The molecule has 1 aliphatic carbocycles. The highest BCUT2D eigenvalue weighted by atomic mass is 19.1. The molecule has 2 aromatic carbocycles. The molecule has 3 rings (SSSR count). The second-order valence-electron chi connectivity index (χ2n) is 5.08. The van der Waals surface area contributed by atoms with E-state index in [2.05, 4.69) is 5.32 Å². The zero-order valence-electron chi connectivity index (χ0n) is 10.9. The molecule has 0 radical (unpaired) electrons. The summed E-state index contributed by atoms with van der Waals surface area (Å²) in [5, 5.41) is 2.36. The van der Waals surface area contributed by atoms with Gasteiger partial charge >= 0.3 is 0 Å². The molecule has 0 aliphatic heterocycles. The number of halogens is 3. The Morgan fingerprint density at radius 2 is 1.81 bits per heavy atom. The van der Waals surface area contributed by atoms with Crippen molar-refractivity contribution in [3.05, 3.63) is 65.5 Å². The van der Waals surface area contributed by atoms with E-state index in [4.69, 9.17) is 0 Å². The maximum Gasteiger partial charge on any atom is 0.228 e. The first-order valence-electron chi connectivity index (χ1n) is 6.56. The van der Waals surface area contributed by atoms with E-state index in [0.717, 1.165) is 18.2 Å². The quantitative estimate of drug-likeness (QED) is 0.914. The minimum Gasteiger partial charge on any atom is -0.323 e. The molecule has 1 aliphatic rings. The molecule has 2 aromatic rings. The third-order valence-electron chi connectivity index (χ3n) is 3.62. The fraction of sp³-hybridized carbons (Fsp3) is 0.188. The van der Waals surface area contributed by atoms with Gasteiger partial charge in [-0.05, 0) is 36.1 Å². The molecule has 0 bridgehead atoms. The first kappa shape index (κ1) is 13.7. The van der Waals surface area contributed by atoms with Crippen LogP contribution in [0.15, 0.2) is 42.5 Å². The van der Waals surface area contributed by atoms with Crippen LogP contribution in [0.3, 0.4) is 0 Å². The van der Waals surface area contributed by atoms with E-state index in [1.807, 2.05) is 0 Å². The van der Waals surface area contributed by atoms with Gasteiger partial charge in [-0.25, -0.2) is 13.2 Å². The molecule has 0 aromatic heterocycles. The zero-order chi connectivity index (χ0) is 15.0. The van der Waals surface area contributed by atoms with Crippen LogP contribution in [0.25, 0.3) is 0 Å². The van der Waals surface area contributed by atoms with Crippen LogP contribution >= 0.6 is 0 Å². The van der Waals surface area contributed by atoms with E-state index in [1.165, 1.54) is 6.07 Å².